The van der Waals surface area contributed by atoms with Gasteiger partial charge in [-0.25, -0.2) is 4.98 Å². The van der Waals surface area contributed by atoms with Crippen molar-refractivity contribution < 1.29 is 0 Å². The summed E-state index contributed by atoms with van der Waals surface area (Å²) in [6.07, 6.45) is 0. The lowest BCUT2D eigenvalue weighted by molar-refractivity contribution is 1.19. The fourth-order valence-electron chi connectivity index (χ4n) is 1.33. The quantitative estimate of drug-likeness (QED) is 0.540. The van der Waals surface area contributed by atoms with Crippen molar-refractivity contribution in [1.29, 1.82) is 0 Å². The number of pyridine rings is 1. The Morgan fingerprint density at radius 3 is 2.36 bits per heavy atom. The minimum atomic E-state index is 0.267. The van der Waals surface area contributed by atoms with E-state index in [2.05, 4.69) is 4.98 Å². The van der Waals surface area contributed by atoms with E-state index in [4.69, 9.17) is 34.8 Å². The molecule has 0 fully saturated rings. The standard InChI is InChI=1S/C10H6Cl3N/c11-5-8-9(12)6-3-1-2-4-7(6)10(13)14-8/h1-4H,5H2. The maximum Gasteiger partial charge on any atom is 0.137 e. The number of hydrogen-bond acceptors (Lipinski definition) is 1. The highest BCUT2D eigenvalue weighted by Crippen LogP contribution is 2.31. The van der Waals surface area contributed by atoms with Crippen LogP contribution in [0.4, 0.5) is 0 Å². The van der Waals surface area contributed by atoms with Gasteiger partial charge in [-0.3, -0.25) is 0 Å². The Morgan fingerprint density at radius 1 is 1.07 bits per heavy atom. The van der Waals surface area contributed by atoms with Gasteiger partial charge in [-0.05, 0) is 0 Å². The van der Waals surface area contributed by atoms with Gasteiger partial charge in [0.2, 0.25) is 0 Å². The zero-order valence-corrected chi connectivity index (χ0v) is 9.37. The third kappa shape index (κ3) is 1.56. The van der Waals surface area contributed by atoms with Gasteiger partial charge in [0, 0.05) is 10.8 Å². The van der Waals surface area contributed by atoms with E-state index in [0.29, 0.717) is 15.9 Å². The predicted molar refractivity (Wildman–Crippen MR) is 61.3 cm³/mol. The Labute approximate surface area is 96.6 Å². The van der Waals surface area contributed by atoms with Crippen LogP contribution in [0.25, 0.3) is 10.8 Å². The van der Waals surface area contributed by atoms with Gasteiger partial charge in [-0.1, -0.05) is 47.5 Å². The molecule has 14 heavy (non-hydrogen) atoms. The molecule has 1 heterocycles. The molecule has 0 amide bonds. The molecule has 0 aliphatic carbocycles. The van der Waals surface area contributed by atoms with Crippen molar-refractivity contribution in [2.45, 2.75) is 5.88 Å². The molecule has 0 spiro atoms. The predicted octanol–water partition coefficient (Wildman–Crippen LogP) is 4.28. The average Bonchev–Trinajstić information content (AvgIpc) is 2.23. The lowest BCUT2D eigenvalue weighted by Gasteiger charge is -2.05. The molecule has 0 radical (unpaired) electrons. The summed E-state index contributed by atoms with van der Waals surface area (Å²) in [5.74, 6) is 0.267. The molecule has 0 unspecified atom stereocenters. The second kappa shape index (κ2) is 3.93. The molecule has 0 saturated carbocycles. The molecular formula is C10H6Cl3N. The first-order valence-corrected chi connectivity index (χ1v) is 5.31. The van der Waals surface area contributed by atoms with Crippen LogP contribution < -0.4 is 0 Å². The Morgan fingerprint density at radius 2 is 1.71 bits per heavy atom. The first-order valence-electron chi connectivity index (χ1n) is 4.02. The van der Waals surface area contributed by atoms with Crippen molar-refractivity contribution in [1.82, 2.24) is 4.98 Å². The topological polar surface area (TPSA) is 12.9 Å². The summed E-state index contributed by atoms with van der Waals surface area (Å²) in [4.78, 5) is 4.12. The molecule has 0 atom stereocenters. The Kier molecular flexibility index (Phi) is 2.82. The molecule has 0 bridgehead atoms. The fraction of sp³-hybridized carbons (Fsp3) is 0.100. The molecule has 2 rings (SSSR count). The normalized spacial score (nSPS) is 10.8. The summed E-state index contributed by atoms with van der Waals surface area (Å²) in [5.41, 5.74) is 0.622. The Bertz CT molecular complexity index is 482. The minimum Gasteiger partial charge on any atom is -0.238 e. The summed E-state index contributed by atoms with van der Waals surface area (Å²) in [5, 5.41) is 2.78. The number of hydrogen-bond donors (Lipinski definition) is 0. The largest absolute Gasteiger partial charge is 0.238 e. The Balaban J connectivity index is 2.87. The molecule has 0 aliphatic rings. The third-order valence-corrected chi connectivity index (χ3v) is 2.96. The molecule has 0 aliphatic heterocycles. The van der Waals surface area contributed by atoms with Gasteiger partial charge < -0.3 is 0 Å². The van der Waals surface area contributed by atoms with Gasteiger partial charge >= 0.3 is 0 Å². The van der Waals surface area contributed by atoms with Gasteiger partial charge in [0.15, 0.2) is 0 Å². The zero-order valence-electron chi connectivity index (χ0n) is 7.10. The number of aromatic nitrogens is 1. The Hall–Kier alpha value is -0.500. The van der Waals surface area contributed by atoms with E-state index in [0.717, 1.165) is 10.8 Å². The van der Waals surface area contributed by atoms with E-state index in [9.17, 15) is 0 Å². The maximum atomic E-state index is 6.11. The van der Waals surface area contributed by atoms with Gasteiger partial charge in [-0.15, -0.1) is 11.6 Å². The van der Waals surface area contributed by atoms with Crippen molar-refractivity contribution in [3.05, 3.63) is 40.1 Å². The highest BCUT2D eigenvalue weighted by atomic mass is 35.5. The first kappa shape index (κ1) is 10.0. The highest BCUT2D eigenvalue weighted by Gasteiger charge is 2.09. The third-order valence-electron chi connectivity index (χ3n) is 2.00. The van der Waals surface area contributed by atoms with E-state index in [1.165, 1.54) is 0 Å². The lowest BCUT2D eigenvalue weighted by atomic mass is 10.1. The lowest BCUT2D eigenvalue weighted by Crippen LogP contribution is -1.90. The van der Waals surface area contributed by atoms with E-state index < -0.39 is 0 Å². The minimum absolute atomic E-state index is 0.267. The van der Waals surface area contributed by atoms with Gasteiger partial charge in [-0.2, -0.15) is 0 Å². The van der Waals surface area contributed by atoms with Crippen molar-refractivity contribution in [3.8, 4) is 0 Å². The number of nitrogens with zero attached hydrogens (tertiary/aromatic N) is 1. The summed E-state index contributed by atoms with van der Waals surface area (Å²) in [6, 6.07) is 7.59. The molecule has 0 saturated heterocycles. The molecule has 1 aromatic heterocycles. The second-order valence-corrected chi connectivity index (χ2v) is 3.85. The SMILES string of the molecule is ClCc1nc(Cl)c2ccccc2c1Cl. The van der Waals surface area contributed by atoms with Crippen LogP contribution in [0.3, 0.4) is 0 Å². The molecule has 1 aromatic carbocycles. The molecule has 4 heteroatoms. The van der Waals surface area contributed by atoms with E-state index in [1.807, 2.05) is 24.3 Å². The number of rotatable bonds is 1. The molecule has 0 N–H and O–H groups in total. The molecule has 72 valence electrons. The number of alkyl halides is 1. The van der Waals surface area contributed by atoms with Crippen LogP contribution >= 0.6 is 34.8 Å². The van der Waals surface area contributed by atoms with Crippen molar-refractivity contribution in [2.24, 2.45) is 0 Å². The molecular weight excluding hydrogens is 240 g/mol. The summed E-state index contributed by atoms with van der Waals surface area (Å²) < 4.78 is 0. The van der Waals surface area contributed by atoms with Crippen molar-refractivity contribution >= 4 is 45.6 Å². The van der Waals surface area contributed by atoms with Crippen molar-refractivity contribution in [2.75, 3.05) is 0 Å². The fourth-order valence-corrected chi connectivity index (χ4v) is 2.13. The second-order valence-electron chi connectivity index (χ2n) is 2.84. The monoisotopic (exact) mass is 245 g/mol. The first-order chi connectivity index (χ1) is 6.74. The van der Waals surface area contributed by atoms with Crippen LogP contribution in [0.5, 0.6) is 0 Å². The summed E-state index contributed by atoms with van der Waals surface area (Å²) >= 11 is 17.8. The van der Waals surface area contributed by atoms with E-state index in [-0.39, 0.29) is 5.88 Å². The van der Waals surface area contributed by atoms with Crippen LogP contribution in [0.2, 0.25) is 10.2 Å². The maximum absolute atomic E-state index is 6.11. The van der Waals surface area contributed by atoms with Gasteiger partial charge in [0.05, 0.1) is 16.6 Å². The zero-order chi connectivity index (χ0) is 10.1. The van der Waals surface area contributed by atoms with Gasteiger partial charge in [0.1, 0.15) is 5.15 Å². The van der Waals surface area contributed by atoms with E-state index in [1.54, 1.807) is 0 Å². The van der Waals surface area contributed by atoms with Gasteiger partial charge in [0.25, 0.3) is 0 Å². The van der Waals surface area contributed by atoms with Crippen molar-refractivity contribution in [3.63, 3.8) is 0 Å². The van der Waals surface area contributed by atoms with Crippen LogP contribution in [0, 0.1) is 0 Å². The number of halogens is 3. The number of fused-ring (bicyclic) bond motifs is 1. The smallest absolute Gasteiger partial charge is 0.137 e. The average molecular weight is 247 g/mol. The molecule has 2 aromatic rings. The van der Waals surface area contributed by atoms with E-state index >= 15 is 0 Å². The highest BCUT2D eigenvalue weighted by molar-refractivity contribution is 6.40. The summed E-state index contributed by atoms with van der Waals surface area (Å²) in [6.45, 7) is 0. The molecule has 1 nitrogen and oxygen atoms in total. The van der Waals surface area contributed by atoms with Crippen LogP contribution in [0.1, 0.15) is 5.69 Å². The van der Waals surface area contributed by atoms with Crippen LogP contribution in [0.15, 0.2) is 24.3 Å². The van der Waals surface area contributed by atoms with Crippen LogP contribution in [-0.4, -0.2) is 4.98 Å². The number of benzene rings is 1. The summed E-state index contributed by atoms with van der Waals surface area (Å²) in [7, 11) is 0. The van der Waals surface area contributed by atoms with Crippen LogP contribution in [-0.2, 0) is 5.88 Å².